The number of rotatable bonds is 4. The summed E-state index contributed by atoms with van der Waals surface area (Å²) in [6, 6.07) is 0.658. The molecule has 0 aromatic rings. The van der Waals surface area contributed by atoms with Crippen LogP contribution in [0.3, 0.4) is 0 Å². The van der Waals surface area contributed by atoms with Gasteiger partial charge in [-0.15, -0.1) is 0 Å². The van der Waals surface area contributed by atoms with Crippen molar-refractivity contribution in [2.24, 2.45) is 0 Å². The largest absolute Gasteiger partial charge is 0.416 e. The van der Waals surface area contributed by atoms with Gasteiger partial charge in [-0.2, -0.15) is 0 Å². The van der Waals surface area contributed by atoms with Crippen LogP contribution in [0.4, 0.5) is 0 Å². The molecule has 0 spiro atoms. The fourth-order valence-corrected chi connectivity index (χ4v) is 3.51. The van der Waals surface area contributed by atoms with Crippen molar-refractivity contribution in [1.29, 1.82) is 0 Å². The van der Waals surface area contributed by atoms with E-state index in [1.807, 2.05) is 0 Å². The Hall–Kier alpha value is -0.283. The maximum atomic E-state index is 6.10. The molecule has 1 unspecified atom stereocenters. The number of allylic oxidation sites excluding steroid dienone is 2. The van der Waals surface area contributed by atoms with E-state index < -0.39 is 8.32 Å². The van der Waals surface area contributed by atoms with Crippen LogP contribution in [0.1, 0.15) is 38.5 Å². The Morgan fingerprint density at radius 1 is 1.29 bits per heavy atom. The summed E-state index contributed by atoms with van der Waals surface area (Å²) in [7, 11) is -1.35. The summed E-state index contributed by atoms with van der Waals surface area (Å²) in [4.78, 5) is 2.64. The fraction of sp³-hybridized carbons (Fsp3) is 0.857. The highest BCUT2D eigenvalue weighted by molar-refractivity contribution is 6.69. The molecule has 1 aliphatic carbocycles. The van der Waals surface area contributed by atoms with E-state index in [0.717, 1.165) is 6.61 Å². The van der Waals surface area contributed by atoms with Gasteiger partial charge in [0.25, 0.3) is 0 Å². The van der Waals surface area contributed by atoms with Gasteiger partial charge in [0.2, 0.25) is 0 Å². The maximum absolute atomic E-state index is 6.10. The Bertz CT molecular complexity index is 282. The lowest BCUT2D eigenvalue weighted by Gasteiger charge is -2.32. The molecule has 2 rings (SSSR count). The van der Waals surface area contributed by atoms with E-state index in [-0.39, 0.29) is 0 Å². The molecule has 0 aromatic carbocycles. The molecule has 2 aliphatic rings. The average Bonchev–Trinajstić information content (AvgIpc) is 2.75. The van der Waals surface area contributed by atoms with Crippen LogP contribution in [-0.2, 0) is 4.43 Å². The average molecular weight is 253 g/mol. The van der Waals surface area contributed by atoms with E-state index in [4.69, 9.17) is 4.43 Å². The first-order valence-electron chi connectivity index (χ1n) is 7.16. The number of hydrogen-bond donors (Lipinski definition) is 0. The normalized spacial score (nSPS) is 26.2. The third-order valence-corrected chi connectivity index (χ3v) is 4.75. The van der Waals surface area contributed by atoms with E-state index in [2.05, 4.69) is 30.6 Å². The van der Waals surface area contributed by atoms with Crippen molar-refractivity contribution < 1.29 is 4.43 Å². The van der Waals surface area contributed by atoms with Gasteiger partial charge in [-0.05, 0) is 58.2 Å². The molecule has 0 N–H and O–H groups in total. The van der Waals surface area contributed by atoms with Crippen LogP contribution in [0.15, 0.2) is 11.8 Å². The SMILES string of the molecule is C[Si](C)(C)OCC1CCCN1C1=CCCCC1. The first-order valence-corrected chi connectivity index (χ1v) is 10.6. The van der Waals surface area contributed by atoms with E-state index in [1.54, 1.807) is 5.70 Å². The van der Waals surface area contributed by atoms with Gasteiger partial charge >= 0.3 is 0 Å². The second-order valence-corrected chi connectivity index (χ2v) is 10.9. The molecule has 0 amide bonds. The Morgan fingerprint density at radius 3 is 2.76 bits per heavy atom. The number of hydrogen-bond acceptors (Lipinski definition) is 2. The van der Waals surface area contributed by atoms with Crippen LogP contribution in [0.5, 0.6) is 0 Å². The number of nitrogens with zero attached hydrogens (tertiary/aromatic N) is 1. The lowest BCUT2D eigenvalue weighted by atomic mass is 10.0. The molecule has 1 aliphatic heterocycles. The first-order chi connectivity index (χ1) is 8.06. The second-order valence-electron chi connectivity index (χ2n) is 6.35. The van der Waals surface area contributed by atoms with Gasteiger partial charge < -0.3 is 9.33 Å². The third kappa shape index (κ3) is 3.85. The van der Waals surface area contributed by atoms with Gasteiger partial charge in [0, 0.05) is 12.2 Å². The zero-order valence-corrected chi connectivity index (χ0v) is 12.7. The highest BCUT2D eigenvalue weighted by atomic mass is 28.4. The fourth-order valence-electron chi connectivity index (χ4n) is 2.82. The topological polar surface area (TPSA) is 12.5 Å². The molecular weight excluding hydrogens is 226 g/mol. The second kappa shape index (κ2) is 5.57. The van der Waals surface area contributed by atoms with Crippen molar-refractivity contribution in [3.63, 3.8) is 0 Å². The van der Waals surface area contributed by atoms with Crippen LogP contribution in [0.25, 0.3) is 0 Å². The van der Waals surface area contributed by atoms with E-state index in [9.17, 15) is 0 Å². The van der Waals surface area contributed by atoms with Crippen molar-refractivity contribution in [3.8, 4) is 0 Å². The predicted molar refractivity (Wildman–Crippen MR) is 75.6 cm³/mol. The summed E-state index contributed by atoms with van der Waals surface area (Å²) in [5, 5.41) is 0. The summed E-state index contributed by atoms with van der Waals surface area (Å²) in [6.45, 7) is 9.06. The van der Waals surface area contributed by atoms with Crippen LogP contribution < -0.4 is 0 Å². The van der Waals surface area contributed by atoms with Crippen LogP contribution in [0.2, 0.25) is 19.6 Å². The molecule has 1 fully saturated rings. The zero-order valence-electron chi connectivity index (χ0n) is 11.7. The van der Waals surface area contributed by atoms with E-state index >= 15 is 0 Å². The van der Waals surface area contributed by atoms with Gasteiger partial charge in [0.1, 0.15) is 0 Å². The molecule has 1 atom stereocenters. The van der Waals surface area contributed by atoms with Crippen molar-refractivity contribution in [1.82, 2.24) is 4.90 Å². The van der Waals surface area contributed by atoms with Gasteiger partial charge in [0.05, 0.1) is 12.6 Å². The predicted octanol–water partition coefficient (Wildman–Crippen LogP) is 3.76. The Labute approximate surface area is 107 Å². The summed E-state index contributed by atoms with van der Waals surface area (Å²) < 4.78 is 6.10. The molecular formula is C14H27NOSi. The minimum atomic E-state index is -1.35. The molecule has 3 heteroatoms. The summed E-state index contributed by atoms with van der Waals surface area (Å²) in [5.41, 5.74) is 1.61. The van der Waals surface area contributed by atoms with E-state index in [0.29, 0.717) is 6.04 Å². The van der Waals surface area contributed by atoms with Crippen LogP contribution in [-0.4, -0.2) is 32.4 Å². The molecule has 0 saturated carbocycles. The Morgan fingerprint density at radius 2 is 2.12 bits per heavy atom. The summed E-state index contributed by atoms with van der Waals surface area (Å²) >= 11 is 0. The standard InChI is InChI=1S/C14H27NOSi/c1-17(2,3)16-12-14-10-7-11-15(14)13-8-5-4-6-9-13/h8,14H,4-7,9-12H2,1-3H3. The molecule has 2 nitrogen and oxygen atoms in total. The van der Waals surface area contributed by atoms with E-state index in [1.165, 1.54) is 45.1 Å². The highest BCUT2D eigenvalue weighted by Gasteiger charge is 2.28. The van der Waals surface area contributed by atoms with Crippen molar-refractivity contribution in [3.05, 3.63) is 11.8 Å². The van der Waals surface area contributed by atoms with Gasteiger partial charge in [-0.3, -0.25) is 0 Å². The smallest absolute Gasteiger partial charge is 0.183 e. The Balaban J connectivity index is 1.90. The lowest BCUT2D eigenvalue weighted by Crippen LogP contribution is -2.37. The lowest BCUT2D eigenvalue weighted by molar-refractivity contribution is 0.192. The zero-order chi connectivity index (χ0) is 12.3. The van der Waals surface area contributed by atoms with Gasteiger partial charge in [0.15, 0.2) is 8.32 Å². The van der Waals surface area contributed by atoms with Crippen LogP contribution >= 0.6 is 0 Å². The van der Waals surface area contributed by atoms with Crippen molar-refractivity contribution >= 4 is 8.32 Å². The van der Waals surface area contributed by atoms with Crippen molar-refractivity contribution in [2.45, 2.75) is 64.2 Å². The maximum Gasteiger partial charge on any atom is 0.183 e. The molecule has 0 aromatic heterocycles. The van der Waals surface area contributed by atoms with Crippen LogP contribution in [0, 0.1) is 0 Å². The minimum absolute atomic E-state index is 0.658. The van der Waals surface area contributed by atoms with Gasteiger partial charge in [-0.25, -0.2) is 0 Å². The summed E-state index contributed by atoms with van der Waals surface area (Å²) in [5.74, 6) is 0. The molecule has 17 heavy (non-hydrogen) atoms. The minimum Gasteiger partial charge on any atom is -0.416 e. The molecule has 98 valence electrons. The quantitative estimate of drug-likeness (QED) is 0.707. The molecule has 0 radical (unpaired) electrons. The monoisotopic (exact) mass is 253 g/mol. The number of likely N-dealkylation sites (tertiary alicyclic amines) is 1. The third-order valence-electron chi connectivity index (χ3n) is 3.72. The molecule has 0 bridgehead atoms. The summed E-state index contributed by atoms with van der Waals surface area (Å²) in [6.07, 6.45) is 10.5. The van der Waals surface area contributed by atoms with Gasteiger partial charge in [-0.1, -0.05) is 6.08 Å². The van der Waals surface area contributed by atoms with Crippen molar-refractivity contribution in [2.75, 3.05) is 13.2 Å². The Kier molecular flexibility index (Phi) is 4.31. The highest BCUT2D eigenvalue weighted by Crippen LogP contribution is 2.29. The molecule has 1 heterocycles. The molecule has 1 saturated heterocycles. The first kappa shape index (κ1) is 13.2.